The van der Waals surface area contributed by atoms with E-state index in [1.165, 1.54) is 0 Å². The molecule has 1 amide bonds. The minimum absolute atomic E-state index is 0. The topological polar surface area (TPSA) is 69.7 Å². The second kappa shape index (κ2) is 7.00. The van der Waals surface area contributed by atoms with Crippen LogP contribution in [-0.2, 0) is 21.2 Å². The van der Waals surface area contributed by atoms with Crippen LogP contribution in [0.25, 0.3) is 0 Å². The average molecular weight is 374 g/mol. The highest BCUT2D eigenvalue weighted by Gasteiger charge is 2.34. The standard InChI is InChI=1S/C16H23N3O3S.ClH/c1-11-8-14-9-15(4-5-16(14)19(11)13(3)20)23(21,22)18-7-6-17-10-12(18)2;/h4-5,9,11-12,17H,6-8,10H2,1-3H3;1H. The molecule has 1 saturated heterocycles. The van der Waals surface area contributed by atoms with Gasteiger partial charge < -0.3 is 10.2 Å². The van der Waals surface area contributed by atoms with Crippen LogP contribution in [0, 0.1) is 0 Å². The maximum absolute atomic E-state index is 12.9. The molecule has 6 nitrogen and oxygen atoms in total. The molecule has 0 aliphatic carbocycles. The third kappa shape index (κ3) is 3.18. The highest BCUT2D eigenvalue weighted by molar-refractivity contribution is 7.89. The van der Waals surface area contributed by atoms with Gasteiger partial charge in [0.2, 0.25) is 15.9 Å². The largest absolute Gasteiger partial charge is 0.314 e. The van der Waals surface area contributed by atoms with E-state index in [4.69, 9.17) is 0 Å². The van der Waals surface area contributed by atoms with Crippen molar-refractivity contribution in [3.8, 4) is 0 Å². The summed E-state index contributed by atoms with van der Waals surface area (Å²) in [7, 11) is -3.50. The first-order valence-electron chi connectivity index (χ1n) is 7.97. The van der Waals surface area contributed by atoms with E-state index in [1.807, 2.05) is 13.8 Å². The van der Waals surface area contributed by atoms with Gasteiger partial charge in [0.15, 0.2) is 0 Å². The minimum atomic E-state index is -3.50. The van der Waals surface area contributed by atoms with Crippen molar-refractivity contribution >= 4 is 34.0 Å². The van der Waals surface area contributed by atoms with Gasteiger partial charge in [-0.25, -0.2) is 8.42 Å². The Hall–Kier alpha value is -1.15. The smallest absolute Gasteiger partial charge is 0.243 e. The van der Waals surface area contributed by atoms with Gasteiger partial charge in [0.1, 0.15) is 0 Å². The van der Waals surface area contributed by atoms with E-state index in [-0.39, 0.29) is 30.4 Å². The monoisotopic (exact) mass is 373 g/mol. The van der Waals surface area contributed by atoms with Crippen molar-refractivity contribution in [1.29, 1.82) is 0 Å². The number of sulfonamides is 1. The molecule has 2 aliphatic heterocycles. The van der Waals surface area contributed by atoms with E-state index in [9.17, 15) is 13.2 Å². The number of rotatable bonds is 2. The molecule has 1 aromatic carbocycles. The fraction of sp³-hybridized carbons (Fsp3) is 0.562. The number of nitrogens with one attached hydrogen (secondary N) is 1. The van der Waals surface area contributed by atoms with Crippen molar-refractivity contribution in [3.63, 3.8) is 0 Å². The number of nitrogens with zero attached hydrogens (tertiary/aromatic N) is 2. The molecular formula is C16H24ClN3O3S. The summed E-state index contributed by atoms with van der Waals surface area (Å²) < 4.78 is 27.4. The summed E-state index contributed by atoms with van der Waals surface area (Å²) >= 11 is 0. The van der Waals surface area contributed by atoms with Crippen LogP contribution >= 0.6 is 12.4 Å². The Kier molecular flexibility index (Phi) is 5.59. The van der Waals surface area contributed by atoms with Crippen LogP contribution in [0.2, 0.25) is 0 Å². The van der Waals surface area contributed by atoms with Gasteiger partial charge in [0.05, 0.1) is 4.90 Å². The van der Waals surface area contributed by atoms with Crippen LogP contribution in [0.4, 0.5) is 5.69 Å². The van der Waals surface area contributed by atoms with E-state index in [0.29, 0.717) is 31.0 Å². The molecular weight excluding hydrogens is 350 g/mol. The number of halogens is 1. The van der Waals surface area contributed by atoms with Crippen molar-refractivity contribution in [2.24, 2.45) is 0 Å². The fourth-order valence-electron chi connectivity index (χ4n) is 3.56. The maximum atomic E-state index is 12.9. The number of fused-ring (bicyclic) bond motifs is 1. The lowest BCUT2D eigenvalue weighted by Crippen LogP contribution is -2.52. The number of benzene rings is 1. The average Bonchev–Trinajstić information content (AvgIpc) is 2.82. The lowest BCUT2D eigenvalue weighted by atomic mass is 10.1. The van der Waals surface area contributed by atoms with Gasteiger partial charge in [-0.05, 0) is 44.0 Å². The number of carbonyl (C=O) groups excluding carboxylic acids is 1. The van der Waals surface area contributed by atoms with Gasteiger partial charge in [-0.15, -0.1) is 12.4 Å². The zero-order valence-corrected chi connectivity index (χ0v) is 15.8. The van der Waals surface area contributed by atoms with Crippen molar-refractivity contribution in [2.75, 3.05) is 24.5 Å². The van der Waals surface area contributed by atoms with Crippen LogP contribution in [-0.4, -0.2) is 50.3 Å². The van der Waals surface area contributed by atoms with Crippen molar-refractivity contribution < 1.29 is 13.2 Å². The summed E-state index contributed by atoms with van der Waals surface area (Å²) in [5, 5.41) is 3.20. The van der Waals surface area contributed by atoms with E-state index in [2.05, 4.69) is 5.32 Å². The number of anilines is 1. The molecule has 1 N–H and O–H groups in total. The second-order valence-corrected chi connectivity index (χ2v) is 8.29. The summed E-state index contributed by atoms with van der Waals surface area (Å²) in [6.07, 6.45) is 0.690. The van der Waals surface area contributed by atoms with Crippen LogP contribution in [0.1, 0.15) is 26.3 Å². The van der Waals surface area contributed by atoms with Gasteiger partial charge in [-0.3, -0.25) is 4.79 Å². The van der Waals surface area contributed by atoms with Gasteiger partial charge >= 0.3 is 0 Å². The van der Waals surface area contributed by atoms with Crippen LogP contribution in [0.15, 0.2) is 23.1 Å². The van der Waals surface area contributed by atoms with E-state index in [1.54, 1.807) is 34.3 Å². The lowest BCUT2D eigenvalue weighted by molar-refractivity contribution is -0.116. The first-order valence-corrected chi connectivity index (χ1v) is 9.41. The summed E-state index contributed by atoms with van der Waals surface area (Å²) in [5.41, 5.74) is 1.76. The van der Waals surface area contributed by atoms with Gasteiger partial charge in [-0.2, -0.15) is 4.31 Å². The molecule has 1 fully saturated rings. The summed E-state index contributed by atoms with van der Waals surface area (Å²) in [5.74, 6) is -0.0115. The van der Waals surface area contributed by atoms with Gasteiger partial charge in [0.25, 0.3) is 0 Å². The number of hydrogen-bond acceptors (Lipinski definition) is 4. The van der Waals surface area contributed by atoms with Crippen molar-refractivity contribution in [3.05, 3.63) is 23.8 Å². The van der Waals surface area contributed by atoms with E-state index < -0.39 is 10.0 Å². The molecule has 2 atom stereocenters. The second-order valence-electron chi connectivity index (χ2n) is 6.40. The predicted molar refractivity (Wildman–Crippen MR) is 96.2 cm³/mol. The summed E-state index contributed by atoms with van der Waals surface area (Å²) in [4.78, 5) is 13.8. The first-order chi connectivity index (χ1) is 10.8. The zero-order chi connectivity index (χ0) is 16.8. The maximum Gasteiger partial charge on any atom is 0.243 e. The number of piperazine rings is 1. The van der Waals surface area contributed by atoms with Crippen LogP contribution < -0.4 is 10.2 Å². The quantitative estimate of drug-likeness (QED) is 0.850. The Balaban J connectivity index is 0.00000208. The van der Waals surface area contributed by atoms with Gasteiger partial charge in [0, 0.05) is 44.3 Å². The Morgan fingerprint density at radius 1 is 1.25 bits per heavy atom. The fourth-order valence-corrected chi connectivity index (χ4v) is 5.24. The number of amides is 1. The van der Waals surface area contributed by atoms with E-state index in [0.717, 1.165) is 11.3 Å². The molecule has 0 radical (unpaired) electrons. The molecule has 24 heavy (non-hydrogen) atoms. The van der Waals surface area contributed by atoms with Crippen LogP contribution in [0.3, 0.4) is 0 Å². The highest BCUT2D eigenvalue weighted by atomic mass is 35.5. The third-order valence-corrected chi connectivity index (χ3v) is 6.66. The van der Waals surface area contributed by atoms with Crippen molar-refractivity contribution in [2.45, 2.75) is 44.2 Å². The molecule has 8 heteroatoms. The Labute approximate surface area is 149 Å². The molecule has 0 saturated carbocycles. The molecule has 3 rings (SSSR count). The molecule has 2 heterocycles. The lowest BCUT2D eigenvalue weighted by Gasteiger charge is -2.33. The number of hydrogen-bond donors (Lipinski definition) is 1. The first kappa shape index (κ1) is 19.2. The number of carbonyl (C=O) groups is 1. The zero-order valence-electron chi connectivity index (χ0n) is 14.2. The normalized spacial score (nSPS) is 24.4. The molecule has 2 unspecified atom stereocenters. The molecule has 2 aliphatic rings. The molecule has 0 bridgehead atoms. The minimum Gasteiger partial charge on any atom is -0.314 e. The summed E-state index contributed by atoms with van der Waals surface area (Å²) in [6, 6.07) is 5.13. The summed E-state index contributed by atoms with van der Waals surface area (Å²) in [6.45, 7) is 7.25. The Morgan fingerprint density at radius 3 is 2.58 bits per heavy atom. The third-order valence-electron chi connectivity index (χ3n) is 4.65. The van der Waals surface area contributed by atoms with Gasteiger partial charge in [-0.1, -0.05) is 0 Å². The molecule has 0 spiro atoms. The van der Waals surface area contributed by atoms with E-state index >= 15 is 0 Å². The molecule has 1 aromatic rings. The predicted octanol–water partition coefficient (Wildman–Crippen LogP) is 1.39. The van der Waals surface area contributed by atoms with Crippen molar-refractivity contribution in [1.82, 2.24) is 9.62 Å². The Bertz CT molecular complexity index is 738. The highest BCUT2D eigenvalue weighted by Crippen LogP contribution is 2.34. The van der Waals surface area contributed by atoms with Crippen LogP contribution in [0.5, 0.6) is 0 Å². The Morgan fingerprint density at radius 2 is 1.96 bits per heavy atom. The molecule has 134 valence electrons. The SMILES string of the molecule is CC(=O)N1c2ccc(S(=O)(=O)N3CCNCC3C)cc2CC1C.Cl. The molecule has 0 aromatic heterocycles.